The van der Waals surface area contributed by atoms with Gasteiger partial charge >= 0.3 is 0 Å². The molecule has 0 aromatic heterocycles. The van der Waals surface area contributed by atoms with Gasteiger partial charge in [0.2, 0.25) is 0 Å². The van der Waals surface area contributed by atoms with Crippen LogP contribution in [0, 0.1) is 18.3 Å². The minimum atomic E-state index is -0.0709. The second kappa shape index (κ2) is 5.97. The summed E-state index contributed by atoms with van der Waals surface area (Å²) < 4.78 is 5.04. The summed E-state index contributed by atoms with van der Waals surface area (Å²) in [6.07, 6.45) is 6.52. The van der Waals surface area contributed by atoms with E-state index >= 15 is 0 Å². The number of carbonyl (C=O) groups excluding carboxylic acids is 1. The zero-order chi connectivity index (χ0) is 12.0. The van der Waals surface area contributed by atoms with Gasteiger partial charge in [-0.2, -0.15) is 0 Å². The van der Waals surface area contributed by atoms with E-state index in [4.69, 9.17) is 11.2 Å². The van der Waals surface area contributed by atoms with Gasteiger partial charge in [0.25, 0.3) is 0 Å². The smallest absolute Gasteiger partial charge is 0.166 e. The molecule has 16 heavy (non-hydrogen) atoms. The van der Waals surface area contributed by atoms with Gasteiger partial charge < -0.3 is 4.74 Å². The summed E-state index contributed by atoms with van der Waals surface area (Å²) >= 11 is 0. The Kier molecular flexibility index (Phi) is 4.60. The van der Waals surface area contributed by atoms with E-state index in [1.807, 2.05) is 6.92 Å². The molecular formula is C14H16O2. The molecule has 0 radical (unpaired) electrons. The summed E-state index contributed by atoms with van der Waals surface area (Å²) in [6, 6.07) is 7.13. The molecular weight excluding hydrogens is 200 g/mol. The Bertz CT molecular complexity index is 384. The zero-order valence-electron chi connectivity index (χ0n) is 9.69. The fourth-order valence-corrected chi connectivity index (χ4v) is 1.56. The van der Waals surface area contributed by atoms with E-state index in [9.17, 15) is 4.79 Å². The Morgan fingerprint density at radius 1 is 1.44 bits per heavy atom. The van der Waals surface area contributed by atoms with Crippen molar-refractivity contribution in [1.29, 1.82) is 0 Å². The van der Waals surface area contributed by atoms with E-state index in [0.717, 1.165) is 12.2 Å². The second-order valence-corrected chi connectivity index (χ2v) is 3.61. The first-order chi connectivity index (χ1) is 7.72. The highest BCUT2D eigenvalue weighted by Crippen LogP contribution is 2.18. The minimum Gasteiger partial charge on any atom is -0.497 e. The Morgan fingerprint density at radius 3 is 2.50 bits per heavy atom. The number of hydrogen-bond donors (Lipinski definition) is 0. The predicted octanol–water partition coefficient (Wildman–Crippen LogP) is 2.93. The summed E-state index contributed by atoms with van der Waals surface area (Å²) in [5.41, 5.74) is 0.697. The van der Waals surface area contributed by atoms with Crippen molar-refractivity contribution in [3.05, 3.63) is 29.8 Å². The standard InChI is InChI=1S/C14H16O2/c1-4-6-11(5-2)14(15)12-7-9-13(16-3)10-8-12/h1,7-11H,5-6H2,2-3H3. The van der Waals surface area contributed by atoms with E-state index in [1.165, 1.54) is 0 Å². The van der Waals surface area contributed by atoms with Gasteiger partial charge in [-0.1, -0.05) is 6.92 Å². The molecule has 1 aromatic rings. The molecule has 1 unspecified atom stereocenters. The lowest BCUT2D eigenvalue weighted by atomic mass is 9.93. The maximum absolute atomic E-state index is 12.0. The first-order valence-electron chi connectivity index (χ1n) is 5.34. The van der Waals surface area contributed by atoms with Gasteiger partial charge in [0.1, 0.15) is 5.75 Å². The van der Waals surface area contributed by atoms with Crippen molar-refractivity contribution in [3.8, 4) is 18.1 Å². The fourth-order valence-electron chi connectivity index (χ4n) is 1.56. The number of rotatable bonds is 5. The first kappa shape index (κ1) is 12.3. The lowest BCUT2D eigenvalue weighted by molar-refractivity contribution is 0.0919. The van der Waals surface area contributed by atoms with E-state index in [-0.39, 0.29) is 11.7 Å². The summed E-state index contributed by atoms with van der Waals surface area (Å²) in [7, 11) is 1.60. The van der Waals surface area contributed by atoms with Crippen LogP contribution >= 0.6 is 0 Å². The van der Waals surface area contributed by atoms with Gasteiger partial charge in [0.15, 0.2) is 5.78 Å². The molecule has 0 amide bonds. The lowest BCUT2D eigenvalue weighted by Gasteiger charge is -2.10. The van der Waals surface area contributed by atoms with Crippen LogP contribution in [0.5, 0.6) is 5.75 Å². The van der Waals surface area contributed by atoms with Crippen molar-refractivity contribution in [2.45, 2.75) is 19.8 Å². The van der Waals surface area contributed by atoms with Crippen molar-refractivity contribution in [2.24, 2.45) is 5.92 Å². The van der Waals surface area contributed by atoms with Crippen LogP contribution in [0.15, 0.2) is 24.3 Å². The van der Waals surface area contributed by atoms with Gasteiger partial charge in [-0.05, 0) is 30.7 Å². The minimum absolute atomic E-state index is 0.0709. The maximum Gasteiger partial charge on any atom is 0.166 e. The molecule has 0 saturated carbocycles. The quantitative estimate of drug-likeness (QED) is 0.558. The molecule has 0 spiro atoms. The summed E-state index contributed by atoms with van der Waals surface area (Å²) in [5.74, 6) is 3.34. The highest BCUT2D eigenvalue weighted by molar-refractivity contribution is 5.98. The first-order valence-corrected chi connectivity index (χ1v) is 5.34. The average molecular weight is 216 g/mol. The monoisotopic (exact) mass is 216 g/mol. The number of hydrogen-bond acceptors (Lipinski definition) is 2. The van der Waals surface area contributed by atoms with Gasteiger partial charge in [-0.25, -0.2) is 0 Å². The predicted molar refractivity (Wildman–Crippen MR) is 64.6 cm³/mol. The summed E-state index contributed by atoms with van der Waals surface area (Å²) in [6.45, 7) is 1.98. The Hall–Kier alpha value is -1.75. The number of benzene rings is 1. The van der Waals surface area contributed by atoms with E-state index in [2.05, 4.69) is 5.92 Å². The second-order valence-electron chi connectivity index (χ2n) is 3.61. The molecule has 0 saturated heterocycles. The van der Waals surface area contributed by atoms with Crippen LogP contribution in [0.4, 0.5) is 0 Å². The Morgan fingerprint density at radius 2 is 2.06 bits per heavy atom. The van der Waals surface area contributed by atoms with Crippen molar-refractivity contribution < 1.29 is 9.53 Å². The number of carbonyl (C=O) groups is 1. The molecule has 2 heteroatoms. The Labute approximate surface area is 96.6 Å². The molecule has 2 nitrogen and oxygen atoms in total. The van der Waals surface area contributed by atoms with Gasteiger partial charge in [-0.15, -0.1) is 12.3 Å². The molecule has 0 fully saturated rings. The number of ether oxygens (including phenoxy) is 1. The Balaban J connectivity index is 2.83. The van der Waals surface area contributed by atoms with Gasteiger partial charge in [-0.3, -0.25) is 4.79 Å². The van der Waals surface area contributed by atoms with Crippen molar-refractivity contribution in [2.75, 3.05) is 7.11 Å². The third-order valence-electron chi connectivity index (χ3n) is 2.60. The largest absolute Gasteiger partial charge is 0.497 e. The molecule has 1 rings (SSSR count). The third-order valence-corrected chi connectivity index (χ3v) is 2.60. The van der Waals surface area contributed by atoms with Crippen molar-refractivity contribution >= 4 is 5.78 Å². The normalized spacial score (nSPS) is 11.6. The van der Waals surface area contributed by atoms with E-state index in [1.54, 1.807) is 31.4 Å². The van der Waals surface area contributed by atoms with Crippen molar-refractivity contribution in [1.82, 2.24) is 0 Å². The molecule has 0 aliphatic carbocycles. The van der Waals surface area contributed by atoms with Crippen LogP contribution in [0.25, 0.3) is 0 Å². The molecule has 0 bridgehead atoms. The maximum atomic E-state index is 12.0. The molecule has 0 heterocycles. The topological polar surface area (TPSA) is 26.3 Å². The number of terminal acetylenes is 1. The molecule has 84 valence electrons. The lowest BCUT2D eigenvalue weighted by Crippen LogP contribution is -2.13. The summed E-state index contributed by atoms with van der Waals surface area (Å²) in [5, 5.41) is 0. The molecule has 0 aliphatic rings. The van der Waals surface area contributed by atoms with Crippen LogP contribution in [0.3, 0.4) is 0 Å². The highest BCUT2D eigenvalue weighted by Gasteiger charge is 2.16. The molecule has 1 atom stereocenters. The fraction of sp³-hybridized carbons (Fsp3) is 0.357. The van der Waals surface area contributed by atoms with Crippen LogP contribution in [0.1, 0.15) is 30.1 Å². The third kappa shape index (κ3) is 2.87. The average Bonchev–Trinajstić information content (AvgIpc) is 2.35. The van der Waals surface area contributed by atoms with Crippen LogP contribution in [0.2, 0.25) is 0 Å². The zero-order valence-corrected chi connectivity index (χ0v) is 9.69. The van der Waals surface area contributed by atoms with Crippen LogP contribution in [-0.4, -0.2) is 12.9 Å². The number of ketones is 1. The number of methoxy groups -OCH3 is 1. The molecule has 1 aromatic carbocycles. The number of Topliss-reactive ketones (excluding diaryl/α,β-unsaturated/α-hetero) is 1. The van der Waals surface area contributed by atoms with Crippen LogP contribution < -0.4 is 4.74 Å². The molecule has 0 N–H and O–H groups in total. The van der Waals surface area contributed by atoms with Crippen LogP contribution in [-0.2, 0) is 0 Å². The molecule has 0 aliphatic heterocycles. The van der Waals surface area contributed by atoms with E-state index < -0.39 is 0 Å². The summed E-state index contributed by atoms with van der Waals surface area (Å²) in [4.78, 5) is 12.0. The van der Waals surface area contributed by atoms with Crippen molar-refractivity contribution in [3.63, 3.8) is 0 Å². The van der Waals surface area contributed by atoms with Gasteiger partial charge in [0, 0.05) is 17.9 Å². The van der Waals surface area contributed by atoms with Gasteiger partial charge in [0.05, 0.1) is 7.11 Å². The van der Waals surface area contributed by atoms with E-state index in [0.29, 0.717) is 12.0 Å². The SMILES string of the molecule is C#CCC(CC)C(=O)c1ccc(OC)cc1. The highest BCUT2D eigenvalue weighted by atomic mass is 16.5.